The molecule has 0 bridgehead atoms. The third-order valence-corrected chi connectivity index (χ3v) is 5.68. The molecule has 0 radical (unpaired) electrons. The van der Waals surface area contributed by atoms with E-state index in [0.29, 0.717) is 12.1 Å². The van der Waals surface area contributed by atoms with Gasteiger partial charge in [0.15, 0.2) is 0 Å². The highest BCUT2D eigenvalue weighted by molar-refractivity contribution is 5.84. The zero-order valence-corrected chi connectivity index (χ0v) is 15.5. The monoisotopic (exact) mass is 353 g/mol. The molecule has 0 amide bonds. The number of aliphatic carboxylic acids is 1. The average molecular weight is 353 g/mol. The SMILES string of the molecule is Cc1ccc2c(C)cc(NC3CC(N(CC(=O)O)CC4CC4)C3)nc2c1. The molecular weight excluding hydrogens is 326 g/mol. The van der Waals surface area contributed by atoms with E-state index in [2.05, 4.69) is 48.3 Å². The molecule has 1 aromatic carbocycles. The summed E-state index contributed by atoms with van der Waals surface area (Å²) >= 11 is 0. The summed E-state index contributed by atoms with van der Waals surface area (Å²) in [5, 5.41) is 13.9. The Morgan fingerprint density at radius 1 is 1.27 bits per heavy atom. The van der Waals surface area contributed by atoms with E-state index in [1.807, 2.05) is 0 Å². The lowest BCUT2D eigenvalue weighted by Gasteiger charge is -2.43. The smallest absolute Gasteiger partial charge is 0.317 e. The van der Waals surface area contributed by atoms with Gasteiger partial charge in [0, 0.05) is 24.0 Å². The Bertz CT molecular complexity index is 825. The van der Waals surface area contributed by atoms with Gasteiger partial charge in [0.05, 0.1) is 12.1 Å². The number of rotatable bonds is 7. The molecule has 138 valence electrons. The Balaban J connectivity index is 1.40. The number of nitrogens with zero attached hydrogens (tertiary/aromatic N) is 2. The van der Waals surface area contributed by atoms with Crippen LogP contribution in [0.1, 0.15) is 36.8 Å². The van der Waals surface area contributed by atoms with E-state index in [4.69, 9.17) is 4.98 Å². The third kappa shape index (κ3) is 3.83. The van der Waals surface area contributed by atoms with Crippen LogP contribution in [-0.2, 0) is 4.79 Å². The van der Waals surface area contributed by atoms with Gasteiger partial charge in [0.25, 0.3) is 0 Å². The topological polar surface area (TPSA) is 65.5 Å². The summed E-state index contributed by atoms with van der Waals surface area (Å²) in [4.78, 5) is 18.1. The highest BCUT2D eigenvalue weighted by Gasteiger charge is 2.37. The highest BCUT2D eigenvalue weighted by Crippen LogP contribution is 2.34. The summed E-state index contributed by atoms with van der Waals surface area (Å²) in [5.41, 5.74) is 3.48. The number of nitrogens with one attached hydrogen (secondary N) is 1. The Morgan fingerprint density at radius 2 is 2.04 bits per heavy atom. The van der Waals surface area contributed by atoms with E-state index in [1.165, 1.54) is 29.4 Å². The van der Waals surface area contributed by atoms with Gasteiger partial charge in [-0.15, -0.1) is 0 Å². The molecule has 0 spiro atoms. The van der Waals surface area contributed by atoms with Crippen LogP contribution in [0.4, 0.5) is 5.82 Å². The second kappa shape index (κ2) is 6.88. The molecule has 1 heterocycles. The van der Waals surface area contributed by atoms with Crippen LogP contribution in [0.25, 0.3) is 10.9 Å². The number of carbonyl (C=O) groups is 1. The second-order valence-corrected chi connectivity index (χ2v) is 8.08. The van der Waals surface area contributed by atoms with Gasteiger partial charge in [-0.1, -0.05) is 12.1 Å². The molecule has 2 N–H and O–H groups in total. The zero-order valence-electron chi connectivity index (χ0n) is 15.5. The van der Waals surface area contributed by atoms with Gasteiger partial charge < -0.3 is 10.4 Å². The number of hydrogen-bond acceptors (Lipinski definition) is 4. The summed E-state index contributed by atoms with van der Waals surface area (Å²) in [6.45, 7) is 5.32. The number of anilines is 1. The first-order chi connectivity index (χ1) is 12.5. The molecule has 0 aliphatic heterocycles. The maximum atomic E-state index is 11.2. The quantitative estimate of drug-likeness (QED) is 0.796. The van der Waals surface area contributed by atoms with Crippen LogP contribution in [0.5, 0.6) is 0 Å². The highest BCUT2D eigenvalue weighted by atomic mass is 16.4. The molecule has 0 atom stereocenters. The maximum absolute atomic E-state index is 11.2. The number of carboxylic acid groups (broad SMARTS) is 1. The van der Waals surface area contributed by atoms with E-state index in [9.17, 15) is 9.90 Å². The number of pyridine rings is 1. The van der Waals surface area contributed by atoms with E-state index in [-0.39, 0.29) is 6.54 Å². The summed E-state index contributed by atoms with van der Waals surface area (Å²) < 4.78 is 0. The molecule has 2 aliphatic carbocycles. The number of hydrogen-bond donors (Lipinski definition) is 2. The largest absolute Gasteiger partial charge is 0.480 e. The molecule has 2 aliphatic rings. The Morgan fingerprint density at radius 3 is 2.73 bits per heavy atom. The van der Waals surface area contributed by atoms with E-state index in [1.54, 1.807) is 0 Å². The molecule has 0 unspecified atom stereocenters. The molecule has 2 saturated carbocycles. The summed E-state index contributed by atoms with van der Waals surface area (Å²) in [5.74, 6) is 0.926. The molecule has 5 heteroatoms. The van der Waals surface area contributed by atoms with Gasteiger partial charge in [0.1, 0.15) is 5.82 Å². The van der Waals surface area contributed by atoms with Gasteiger partial charge in [-0.3, -0.25) is 9.69 Å². The van der Waals surface area contributed by atoms with Crippen LogP contribution in [0.3, 0.4) is 0 Å². The average Bonchev–Trinajstić information content (AvgIpc) is 3.33. The minimum absolute atomic E-state index is 0.167. The number of aryl methyl sites for hydroxylation is 2. The van der Waals surface area contributed by atoms with Gasteiger partial charge in [0.2, 0.25) is 0 Å². The molecule has 5 nitrogen and oxygen atoms in total. The minimum atomic E-state index is -0.718. The molecular formula is C21H27N3O2. The van der Waals surface area contributed by atoms with Crippen molar-refractivity contribution in [2.45, 2.75) is 51.6 Å². The fourth-order valence-electron chi connectivity index (χ4n) is 3.95. The van der Waals surface area contributed by atoms with Crippen molar-refractivity contribution in [2.24, 2.45) is 5.92 Å². The second-order valence-electron chi connectivity index (χ2n) is 8.08. The fraction of sp³-hybridized carbons (Fsp3) is 0.524. The van der Waals surface area contributed by atoms with Crippen LogP contribution in [0.15, 0.2) is 24.3 Å². The molecule has 0 saturated heterocycles. The van der Waals surface area contributed by atoms with Crippen LogP contribution < -0.4 is 5.32 Å². The number of carboxylic acids is 1. The fourth-order valence-corrected chi connectivity index (χ4v) is 3.95. The minimum Gasteiger partial charge on any atom is -0.480 e. The number of fused-ring (bicyclic) bond motifs is 1. The summed E-state index contributed by atoms with van der Waals surface area (Å²) in [6.07, 6.45) is 4.49. The number of benzene rings is 1. The van der Waals surface area contributed by atoms with Crippen molar-refractivity contribution in [1.29, 1.82) is 0 Å². The lowest BCUT2D eigenvalue weighted by Crippen LogP contribution is -2.52. The van der Waals surface area contributed by atoms with Crippen molar-refractivity contribution in [3.63, 3.8) is 0 Å². The van der Waals surface area contributed by atoms with Crippen LogP contribution in [0.2, 0.25) is 0 Å². The maximum Gasteiger partial charge on any atom is 0.317 e. The standard InChI is InChI=1S/C21H27N3O2/c1-13-3-6-18-14(2)8-20(23-19(18)7-13)22-16-9-17(10-16)24(12-21(25)26)11-15-4-5-15/h3,6-8,15-17H,4-5,9-12H2,1-2H3,(H,22,23)(H,25,26). The van der Waals surface area contributed by atoms with Crippen molar-refractivity contribution >= 4 is 22.7 Å². The van der Waals surface area contributed by atoms with Crippen molar-refractivity contribution in [1.82, 2.24) is 9.88 Å². The Kier molecular flexibility index (Phi) is 4.57. The van der Waals surface area contributed by atoms with Crippen molar-refractivity contribution in [2.75, 3.05) is 18.4 Å². The van der Waals surface area contributed by atoms with E-state index in [0.717, 1.165) is 36.6 Å². The predicted molar refractivity (Wildman–Crippen MR) is 104 cm³/mol. The van der Waals surface area contributed by atoms with Crippen LogP contribution in [0, 0.1) is 19.8 Å². The van der Waals surface area contributed by atoms with Crippen molar-refractivity contribution in [3.05, 3.63) is 35.4 Å². The van der Waals surface area contributed by atoms with Crippen molar-refractivity contribution < 1.29 is 9.90 Å². The van der Waals surface area contributed by atoms with Crippen LogP contribution in [-0.4, -0.2) is 46.1 Å². The molecule has 4 rings (SSSR count). The zero-order chi connectivity index (χ0) is 18.3. The molecule has 2 fully saturated rings. The predicted octanol–water partition coefficient (Wildman–Crippen LogP) is 3.59. The molecule has 1 aromatic heterocycles. The lowest BCUT2D eigenvalue weighted by molar-refractivity contribution is -0.139. The summed E-state index contributed by atoms with van der Waals surface area (Å²) in [7, 11) is 0. The van der Waals surface area contributed by atoms with Gasteiger partial charge >= 0.3 is 5.97 Å². The Hall–Kier alpha value is -2.14. The number of aromatic nitrogens is 1. The normalized spacial score (nSPS) is 22.4. The first-order valence-electron chi connectivity index (χ1n) is 9.58. The van der Waals surface area contributed by atoms with E-state index < -0.39 is 5.97 Å². The van der Waals surface area contributed by atoms with E-state index >= 15 is 0 Å². The first kappa shape index (κ1) is 17.3. The molecule has 26 heavy (non-hydrogen) atoms. The van der Waals surface area contributed by atoms with Gasteiger partial charge in [-0.05, 0) is 68.7 Å². The molecule has 2 aromatic rings. The third-order valence-electron chi connectivity index (χ3n) is 5.68. The van der Waals surface area contributed by atoms with Gasteiger partial charge in [-0.2, -0.15) is 0 Å². The van der Waals surface area contributed by atoms with Crippen LogP contribution >= 0.6 is 0 Å². The first-order valence-corrected chi connectivity index (χ1v) is 9.58. The Labute approximate surface area is 154 Å². The lowest BCUT2D eigenvalue weighted by atomic mass is 9.85. The van der Waals surface area contributed by atoms with Gasteiger partial charge in [-0.25, -0.2) is 4.98 Å². The summed E-state index contributed by atoms with van der Waals surface area (Å²) in [6, 6.07) is 9.26. The van der Waals surface area contributed by atoms with Crippen molar-refractivity contribution in [3.8, 4) is 0 Å².